The Hall–Kier alpha value is -1.29. The van der Waals surface area contributed by atoms with E-state index in [1.54, 1.807) is 0 Å². The number of carbonyl (C=O) groups is 1. The number of hydrogen-bond donors (Lipinski definition) is 2. The van der Waals surface area contributed by atoms with Crippen LogP contribution in [0, 0.1) is 0 Å². The molecule has 1 aliphatic rings. The molecule has 3 N–H and O–H groups in total. The van der Waals surface area contributed by atoms with Crippen molar-refractivity contribution in [2.45, 2.75) is 51.6 Å². The number of aromatic nitrogens is 1. The average molecular weight is 249 g/mol. The largest absolute Gasteiger partial charge is 0.356 e. The second-order valence-electron chi connectivity index (χ2n) is 5.01. The molecule has 1 heterocycles. The normalized spacial score (nSPS) is 18.4. The van der Waals surface area contributed by atoms with Crippen molar-refractivity contribution in [3.05, 3.63) is 23.5 Å². The Balaban J connectivity index is 1.92. The smallest absolute Gasteiger partial charge is 0.221 e. The van der Waals surface area contributed by atoms with Gasteiger partial charge in [-0.05, 0) is 37.3 Å². The average Bonchev–Trinajstić information content (AvgIpc) is 2.78. The van der Waals surface area contributed by atoms with Crippen molar-refractivity contribution in [2.75, 3.05) is 6.54 Å². The van der Waals surface area contributed by atoms with E-state index >= 15 is 0 Å². The maximum Gasteiger partial charge on any atom is 0.221 e. The van der Waals surface area contributed by atoms with E-state index in [1.807, 2.05) is 0 Å². The number of nitrogens with one attached hydrogen (secondary N) is 1. The molecule has 2 rings (SSSR count). The minimum absolute atomic E-state index is 0.138. The fourth-order valence-corrected chi connectivity index (χ4v) is 2.58. The van der Waals surface area contributed by atoms with Gasteiger partial charge < -0.3 is 15.6 Å². The Morgan fingerprint density at radius 1 is 1.61 bits per heavy atom. The van der Waals surface area contributed by atoms with Crippen molar-refractivity contribution in [3.63, 3.8) is 0 Å². The summed E-state index contributed by atoms with van der Waals surface area (Å²) in [6.45, 7) is 3.59. The van der Waals surface area contributed by atoms with Gasteiger partial charge in [0.2, 0.25) is 5.91 Å². The highest BCUT2D eigenvalue weighted by molar-refractivity contribution is 5.75. The van der Waals surface area contributed by atoms with Crippen LogP contribution in [0.1, 0.15) is 49.9 Å². The summed E-state index contributed by atoms with van der Waals surface area (Å²) in [7, 11) is 0. The maximum absolute atomic E-state index is 11.6. The fraction of sp³-hybridized carbons (Fsp3) is 0.643. The summed E-state index contributed by atoms with van der Waals surface area (Å²) in [5.74, 6) is 0.138. The molecule has 1 unspecified atom stereocenters. The van der Waals surface area contributed by atoms with Crippen molar-refractivity contribution >= 4 is 5.91 Å². The molecule has 0 radical (unpaired) electrons. The number of amides is 1. The van der Waals surface area contributed by atoms with E-state index in [2.05, 4.69) is 29.1 Å². The van der Waals surface area contributed by atoms with E-state index < -0.39 is 0 Å². The Morgan fingerprint density at radius 2 is 2.44 bits per heavy atom. The molecule has 0 fully saturated rings. The second kappa shape index (κ2) is 6.05. The molecule has 1 atom stereocenters. The van der Waals surface area contributed by atoms with Gasteiger partial charge in [-0.15, -0.1) is 0 Å². The van der Waals surface area contributed by atoms with E-state index in [4.69, 9.17) is 5.73 Å². The van der Waals surface area contributed by atoms with Gasteiger partial charge in [-0.1, -0.05) is 6.92 Å². The molecular weight excluding hydrogens is 226 g/mol. The number of hydrogen-bond acceptors (Lipinski definition) is 2. The third-order valence-electron chi connectivity index (χ3n) is 3.59. The van der Waals surface area contributed by atoms with Gasteiger partial charge in [0.05, 0.1) is 0 Å². The van der Waals surface area contributed by atoms with Crippen LogP contribution >= 0.6 is 0 Å². The molecule has 0 spiro atoms. The van der Waals surface area contributed by atoms with Gasteiger partial charge in [-0.25, -0.2) is 0 Å². The summed E-state index contributed by atoms with van der Waals surface area (Å²) < 4.78 is 2.19. The van der Waals surface area contributed by atoms with Crippen molar-refractivity contribution in [2.24, 2.45) is 5.73 Å². The molecule has 0 saturated heterocycles. The highest BCUT2D eigenvalue weighted by Gasteiger charge is 2.19. The predicted molar refractivity (Wildman–Crippen MR) is 72.2 cm³/mol. The monoisotopic (exact) mass is 249 g/mol. The molecule has 100 valence electrons. The lowest BCUT2D eigenvalue weighted by molar-refractivity contribution is -0.121. The number of nitrogens with zero attached hydrogens (tertiary/aromatic N) is 1. The van der Waals surface area contributed by atoms with Gasteiger partial charge in [0.1, 0.15) is 0 Å². The third-order valence-corrected chi connectivity index (χ3v) is 3.59. The number of aryl methyl sites for hydroxylation is 1. The molecule has 0 aromatic carbocycles. The standard InChI is InChI=1S/C14H23N3O/c1-2-8-16-14(18)7-10-17-9-6-11-12(15)4-3-5-13(11)17/h6,9,12H,2-5,7-8,10,15H2,1H3,(H,16,18). The Kier molecular flexibility index (Phi) is 4.42. The summed E-state index contributed by atoms with van der Waals surface area (Å²) in [5.41, 5.74) is 8.69. The first-order valence-electron chi connectivity index (χ1n) is 6.92. The minimum atomic E-state index is 0.138. The SMILES string of the molecule is CCCNC(=O)CCn1ccc2c1CCCC2N. The highest BCUT2D eigenvalue weighted by atomic mass is 16.1. The first-order chi connectivity index (χ1) is 8.72. The molecule has 1 amide bonds. The molecule has 1 aromatic heterocycles. The number of nitrogens with two attached hydrogens (primary N) is 1. The van der Waals surface area contributed by atoms with Crippen LogP contribution in [-0.4, -0.2) is 17.0 Å². The van der Waals surface area contributed by atoms with Crippen LogP contribution in [0.15, 0.2) is 12.3 Å². The van der Waals surface area contributed by atoms with Gasteiger partial charge in [-0.2, -0.15) is 0 Å². The summed E-state index contributed by atoms with van der Waals surface area (Å²) >= 11 is 0. The zero-order valence-corrected chi connectivity index (χ0v) is 11.1. The zero-order chi connectivity index (χ0) is 13.0. The first-order valence-corrected chi connectivity index (χ1v) is 6.92. The minimum Gasteiger partial charge on any atom is -0.356 e. The highest BCUT2D eigenvalue weighted by Crippen LogP contribution is 2.28. The van der Waals surface area contributed by atoms with Gasteiger partial charge in [0, 0.05) is 37.4 Å². The zero-order valence-electron chi connectivity index (χ0n) is 11.1. The molecule has 1 aromatic rings. The molecule has 4 heteroatoms. The van der Waals surface area contributed by atoms with Crippen molar-refractivity contribution in [3.8, 4) is 0 Å². The van der Waals surface area contributed by atoms with Crippen LogP contribution in [0.3, 0.4) is 0 Å². The molecule has 0 bridgehead atoms. The van der Waals surface area contributed by atoms with Crippen LogP contribution in [-0.2, 0) is 17.8 Å². The maximum atomic E-state index is 11.6. The number of carbonyl (C=O) groups excluding carboxylic acids is 1. The van der Waals surface area contributed by atoms with E-state index in [9.17, 15) is 4.79 Å². The van der Waals surface area contributed by atoms with Gasteiger partial charge in [0.25, 0.3) is 0 Å². The van der Waals surface area contributed by atoms with Crippen molar-refractivity contribution < 1.29 is 4.79 Å². The lowest BCUT2D eigenvalue weighted by Crippen LogP contribution is -2.25. The summed E-state index contributed by atoms with van der Waals surface area (Å²) in [6.07, 6.45) is 6.93. The van der Waals surface area contributed by atoms with Crippen LogP contribution in [0.4, 0.5) is 0 Å². The molecule has 1 aliphatic carbocycles. The summed E-state index contributed by atoms with van der Waals surface area (Å²) in [5, 5.41) is 2.91. The van der Waals surface area contributed by atoms with Gasteiger partial charge in [0.15, 0.2) is 0 Å². The summed E-state index contributed by atoms with van der Waals surface area (Å²) in [4.78, 5) is 11.6. The quantitative estimate of drug-likeness (QED) is 0.835. The van der Waals surface area contributed by atoms with Crippen molar-refractivity contribution in [1.82, 2.24) is 9.88 Å². The van der Waals surface area contributed by atoms with Gasteiger partial charge >= 0.3 is 0 Å². The lowest BCUT2D eigenvalue weighted by Gasteiger charge is -2.20. The lowest BCUT2D eigenvalue weighted by atomic mass is 9.94. The van der Waals surface area contributed by atoms with Crippen LogP contribution in [0.25, 0.3) is 0 Å². The Bertz CT molecular complexity index is 411. The molecule has 4 nitrogen and oxygen atoms in total. The topological polar surface area (TPSA) is 60.0 Å². The summed E-state index contributed by atoms with van der Waals surface area (Å²) in [6, 6.07) is 2.30. The third kappa shape index (κ3) is 2.93. The van der Waals surface area contributed by atoms with E-state index in [0.29, 0.717) is 6.42 Å². The number of fused-ring (bicyclic) bond motifs is 1. The van der Waals surface area contributed by atoms with Crippen LogP contribution in [0.5, 0.6) is 0 Å². The van der Waals surface area contributed by atoms with E-state index in [0.717, 1.165) is 38.8 Å². The van der Waals surface area contributed by atoms with E-state index in [1.165, 1.54) is 11.3 Å². The Labute approximate surface area is 109 Å². The fourth-order valence-electron chi connectivity index (χ4n) is 2.58. The molecule has 0 saturated carbocycles. The van der Waals surface area contributed by atoms with Crippen LogP contribution in [0.2, 0.25) is 0 Å². The second-order valence-corrected chi connectivity index (χ2v) is 5.01. The molecule has 18 heavy (non-hydrogen) atoms. The van der Waals surface area contributed by atoms with E-state index in [-0.39, 0.29) is 11.9 Å². The molecule has 0 aliphatic heterocycles. The number of rotatable bonds is 5. The Morgan fingerprint density at radius 3 is 3.22 bits per heavy atom. The van der Waals surface area contributed by atoms with Crippen molar-refractivity contribution in [1.29, 1.82) is 0 Å². The first kappa shape index (κ1) is 13.1. The van der Waals surface area contributed by atoms with Gasteiger partial charge in [-0.3, -0.25) is 4.79 Å². The predicted octanol–water partition coefficient (Wildman–Crippen LogP) is 1.74. The van der Waals surface area contributed by atoms with Crippen LogP contribution < -0.4 is 11.1 Å². The molecular formula is C14H23N3O.